The van der Waals surface area contributed by atoms with Gasteiger partial charge in [-0.25, -0.2) is 23.2 Å². The van der Waals surface area contributed by atoms with Crippen LogP contribution in [0.25, 0.3) is 10.6 Å². The number of carbonyl (C=O) groups excluding carboxylic acids is 1. The van der Waals surface area contributed by atoms with Gasteiger partial charge in [-0.05, 0) is 58.0 Å². The number of nitrogens with two attached hydrogens (primary N) is 1. The van der Waals surface area contributed by atoms with Crippen LogP contribution in [0.1, 0.15) is 11.4 Å². The monoisotopic (exact) mass is 634 g/mol. The second-order valence-electron chi connectivity index (χ2n) is 7.26. The van der Waals surface area contributed by atoms with Gasteiger partial charge in [0.05, 0.1) is 20.6 Å². The molecule has 0 aliphatic carbocycles. The van der Waals surface area contributed by atoms with E-state index in [1.54, 1.807) is 12.3 Å². The maximum Gasteiger partial charge on any atom is 0.418 e. The number of aromatic nitrogens is 2. The van der Waals surface area contributed by atoms with Crippen LogP contribution in [0, 0.1) is 0 Å². The molecule has 196 valence electrons. The van der Waals surface area contributed by atoms with Gasteiger partial charge in [0.1, 0.15) is 22.4 Å². The van der Waals surface area contributed by atoms with Gasteiger partial charge in [0.25, 0.3) is 0 Å². The van der Waals surface area contributed by atoms with E-state index in [9.17, 15) is 26.4 Å². The summed E-state index contributed by atoms with van der Waals surface area (Å²) in [6.07, 6.45) is -1.96. The van der Waals surface area contributed by atoms with Crippen molar-refractivity contribution >= 4 is 66.4 Å². The Hall–Kier alpha value is -2.75. The molecule has 8 nitrogen and oxygen atoms in total. The summed E-state index contributed by atoms with van der Waals surface area (Å²) in [5, 5.41) is 0.265. The van der Waals surface area contributed by atoms with Crippen LogP contribution in [0.15, 0.2) is 68.6 Å². The van der Waals surface area contributed by atoms with E-state index in [0.717, 1.165) is 29.9 Å². The maximum atomic E-state index is 13.6. The average Bonchev–Trinajstić information content (AvgIpc) is 3.34. The zero-order valence-electron chi connectivity index (χ0n) is 19.1. The summed E-state index contributed by atoms with van der Waals surface area (Å²) < 4.78 is 73.7. The Balaban J connectivity index is 2.19. The number of hydrogen-bond acceptors (Lipinski definition) is 10. The summed E-state index contributed by atoms with van der Waals surface area (Å²) in [6, 6.07) is 10.5. The zero-order chi connectivity index (χ0) is 27.4. The van der Waals surface area contributed by atoms with Gasteiger partial charge < -0.3 is 10.5 Å². The molecule has 0 radical (unpaired) electrons. The predicted molar refractivity (Wildman–Crippen MR) is 141 cm³/mol. The highest BCUT2D eigenvalue weighted by Gasteiger charge is 2.34. The first-order chi connectivity index (χ1) is 17.3. The quantitative estimate of drug-likeness (QED) is 0.156. The van der Waals surface area contributed by atoms with Gasteiger partial charge in [-0.3, -0.25) is 0 Å². The molecule has 0 saturated carbocycles. The van der Waals surface area contributed by atoms with Crippen LogP contribution in [0.5, 0.6) is 0 Å². The van der Waals surface area contributed by atoms with E-state index in [2.05, 4.69) is 30.3 Å². The number of esters is 1. The number of halogens is 4. The lowest BCUT2D eigenvalue weighted by molar-refractivity contribution is -0.137. The Kier molecular flexibility index (Phi) is 9.15. The number of allylic oxidation sites excluding steroid dienone is 1. The molecule has 0 amide bonds. The van der Waals surface area contributed by atoms with Crippen LogP contribution in [-0.4, -0.2) is 47.9 Å². The summed E-state index contributed by atoms with van der Waals surface area (Å²) in [6.45, 7) is 0. The molecule has 2 N–H and O–H groups in total. The van der Waals surface area contributed by atoms with Crippen molar-refractivity contribution in [2.45, 2.75) is 11.1 Å². The first-order valence-corrected chi connectivity index (χ1v) is 14.9. The number of ether oxygens (including phenoxy) is 1. The third-order valence-electron chi connectivity index (χ3n) is 4.56. The third-order valence-corrected chi connectivity index (χ3v) is 7.59. The van der Waals surface area contributed by atoms with Crippen LogP contribution in [0.4, 0.5) is 18.9 Å². The van der Waals surface area contributed by atoms with E-state index in [-0.39, 0.29) is 31.9 Å². The largest absolute Gasteiger partial charge is 0.450 e. The number of alkyl halides is 3. The zero-order valence-corrected chi connectivity index (χ0v) is 23.1. The summed E-state index contributed by atoms with van der Waals surface area (Å²) in [7, 11) is -3.50. The van der Waals surface area contributed by atoms with E-state index in [1.165, 1.54) is 42.1 Å². The molecule has 1 heterocycles. The van der Waals surface area contributed by atoms with Gasteiger partial charge in [-0.1, -0.05) is 24.3 Å². The molecule has 0 fully saturated rings. The molecule has 0 bridgehead atoms. The number of sulfone groups is 1. The van der Waals surface area contributed by atoms with E-state index in [0.29, 0.717) is 5.56 Å². The summed E-state index contributed by atoms with van der Waals surface area (Å²) in [5.41, 5.74) is 4.16. The molecule has 0 aliphatic heterocycles. The minimum Gasteiger partial charge on any atom is -0.450 e. The molecular weight excluding hydrogens is 617 g/mol. The Labute approximate surface area is 227 Å². The number of para-hydroxylation sites is 1. The molecule has 2 aromatic carbocycles. The van der Waals surface area contributed by atoms with Gasteiger partial charge in [-0.2, -0.15) is 17.5 Å². The van der Waals surface area contributed by atoms with Crippen molar-refractivity contribution in [2.24, 2.45) is 10.7 Å². The standard InChI is InChI=1S/C22H18BrF3N4O4S3/c1-35-11-34-21(31)17(27)16(23)18(28-15-9-4-3-8-14(15)22(24,25)26)19-29-20(36-30-19)12-6-5-7-13(10-12)37(2,32)33/h3-10H,11,27H2,1-2H3/b17-16+,28-18?. The second kappa shape index (κ2) is 11.8. The molecule has 37 heavy (non-hydrogen) atoms. The lowest BCUT2D eigenvalue weighted by Gasteiger charge is -2.11. The fraction of sp³-hybridized carbons (Fsp3) is 0.182. The molecule has 0 spiro atoms. The van der Waals surface area contributed by atoms with Crippen LogP contribution in [0.3, 0.4) is 0 Å². The number of rotatable bonds is 8. The van der Waals surface area contributed by atoms with Gasteiger partial charge in [0.15, 0.2) is 15.7 Å². The van der Waals surface area contributed by atoms with Gasteiger partial charge >= 0.3 is 12.1 Å². The van der Waals surface area contributed by atoms with Crippen LogP contribution >= 0.6 is 39.2 Å². The molecule has 1 aromatic heterocycles. The molecule has 3 rings (SSSR count). The van der Waals surface area contributed by atoms with Gasteiger partial charge in [0.2, 0.25) is 0 Å². The highest BCUT2D eigenvalue weighted by atomic mass is 79.9. The van der Waals surface area contributed by atoms with E-state index >= 15 is 0 Å². The molecule has 3 aromatic rings. The molecule has 0 saturated heterocycles. The molecule has 0 aliphatic rings. The minimum atomic E-state index is -4.71. The van der Waals surface area contributed by atoms with Crippen molar-refractivity contribution in [1.29, 1.82) is 0 Å². The van der Waals surface area contributed by atoms with Crippen molar-refractivity contribution < 1.29 is 31.1 Å². The summed E-state index contributed by atoms with van der Waals surface area (Å²) in [5.74, 6) is -1.07. The normalized spacial score (nSPS) is 13.3. The second-order valence-corrected chi connectivity index (χ2v) is 11.6. The van der Waals surface area contributed by atoms with Gasteiger partial charge in [-0.15, -0.1) is 11.8 Å². The van der Waals surface area contributed by atoms with Crippen molar-refractivity contribution in [3.05, 3.63) is 70.1 Å². The SMILES string of the molecule is CSCOC(=O)/C(N)=C(\Br)C(=Nc1ccccc1C(F)(F)F)c1nsc(-c2cccc(S(C)(=O)=O)c2)n1. The Bertz CT molecular complexity index is 1490. The average molecular weight is 636 g/mol. The van der Waals surface area contributed by atoms with E-state index < -0.39 is 38.9 Å². The first-order valence-electron chi connectivity index (χ1n) is 10.0. The Morgan fingerprint density at radius 2 is 1.92 bits per heavy atom. The maximum absolute atomic E-state index is 13.6. The summed E-state index contributed by atoms with van der Waals surface area (Å²) in [4.78, 5) is 20.9. The van der Waals surface area contributed by atoms with Crippen molar-refractivity contribution in [1.82, 2.24) is 9.36 Å². The third kappa shape index (κ3) is 7.18. The number of nitrogens with zero attached hydrogens (tertiary/aromatic N) is 3. The number of carbonyl (C=O) groups is 1. The molecule has 0 atom stereocenters. The minimum absolute atomic E-state index is 0.00102. The predicted octanol–water partition coefficient (Wildman–Crippen LogP) is 5.18. The van der Waals surface area contributed by atoms with Crippen LogP contribution in [0.2, 0.25) is 0 Å². The van der Waals surface area contributed by atoms with E-state index in [1.807, 2.05) is 0 Å². The number of hydrogen-bond donors (Lipinski definition) is 1. The van der Waals surface area contributed by atoms with Crippen molar-refractivity contribution in [2.75, 3.05) is 18.5 Å². The fourth-order valence-electron chi connectivity index (χ4n) is 2.83. The van der Waals surface area contributed by atoms with E-state index in [4.69, 9.17) is 10.5 Å². The number of benzene rings is 2. The fourth-order valence-corrected chi connectivity index (χ4v) is 4.81. The lowest BCUT2D eigenvalue weighted by Crippen LogP contribution is -2.19. The molecule has 15 heteroatoms. The van der Waals surface area contributed by atoms with Gasteiger partial charge in [0, 0.05) is 11.8 Å². The van der Waals surface area contributed by atoms with Crippen molar-refractivity contribution in [3.63, 3.8) is 0 Å². The Morgan fingerprint density at radius 3 is 2.57 bits per heavy atom. The van der Waals surface area contributed by atoms with Crippen LogP contribution < -0.4 is 5.73 Å². The Morgan fingerprint density at radius 1 is 1.22 bits per heavy atom. The smallest absolute Gasteiger partial charge is 0.418 e. The summed E-state index contributed by atoms with van der Waals surface area (Å²) >= 11 is 5.23. The number of thioether (sulfide) groups is 1. The molecule has 0 unspecified atom stereocenters. The topological polar surface area (TPSA) is 125 Å². The first kappa shape index (κ1) is 28.8. The highest BCUT2D eigenvalue weighted by Crippen LogP contribution is 2.37. The van der Waals surface area contributed by atoms with Crippen LogP contribution in [-0.2, 0) is 25.5 Å². The highest BCUT2D eigenvalue weighted by molar-refractivity contribution is 9.12. The number of aliphatic imine (C=N–C) groups is 1. The lowest BCUT2D eigenvalue weighted by atomic mass is 10.1. The van der Waals surface area contributed by atoms with Crippen molar-refractivity contribution in [3.8, 4) is 10.6 Å². The molecular formula is C22H18BrF3N4O4S3.